The van der Waals surface area contributed by atoms with Crippen molar-refractivity contribution < 1.29 is 13.9 Å². The average molecular weight is 529 g/mol. The Labute approximate surface area is 226 Å². The molecule has 0 bridgehead atoms. The normalized spacial score (nSPS) is 12.7. The van der Waals surface area contributed by atoms with Crippen LogP contribution >= 0.6 is 0 Å². The van der Waals surface area contributed by atoms with E-state index in [1.54, 1.807) is 25.2 Å². The van der Waals surface area contributed by atoms with E-state index in [-0.39, 0.29) is 5.56 Å². The first-order valence-corrected chi connectivity index (χ1v) is 12.7. The smallest absolute Gasteiger partial charge is 0.253 e. The summed E-state index contributed by atoms with van der Waals surface area (Å²) >= 11 is 0. The number of rotatable bonds is 9. The largest absolute Gasteiger partial charge is 0.497 e. The Hall–Kier alpha value is -4.44. The molecule has 1 unspecified atom stereocenters. The number of methoxy groups -OCH3 is 2. The fraction of sp³-hybridized carbons (Fsp3) is 0.310. The number of hydrogen-bond acceptors (Lipinski definition) is 8. The summed E-state index contributed by atoms with van der Waals surface area (Å²) in [5.74, 6) is 2.77. The van der Waals surface area contributed by atoms with E-state index in [4.69, 9.17) is 13.9 Å². The molecule has 5 aromatic rings. The second-order valence-electron chi connectivity index (χ2n) is 10.4. The lowest BCUT2D eigenvalue weighted by atomic mass is 10.0. The van der Waals surface area contributed by atoms with E-state index in [0.717, 1.165) is 22.5 Å². The summed E-state index contributed by atoms with van der Waals surface area (Å²) in [6, 6.07) is 18.5. The van der Waals surface area contributed by atoms with Gasteiger partial charge in [-0.15, -0.1) is 5.10 Å². The molecule has 202 valence electrons. The van der Waals surface area contributed by atoms with Gasteiger partial charge in [0.1, 0.15) is 23.3 Å². The number of aromatic nitrogens is 5. The van der Waals surface area contributed by atoms with Crippen LogP contribution in [0, 0.1) is 0 Å². The highest BCUT2D eigenvalue weighted by molar-refractivity contribution is 5.80. The van der Waals surface area contributed by atoms with Crippen molar-refractivity contribution in [2.24, 2.45) is 0 Å². The fourth-order valence-corrected chi connectivity index (χ4v) is 4.68. The summed E-state index contributed by atoms with van der Waals surface area (Å²) < 4.78 is 18.3. The van der Waals surface area contributed by atoms with Crippen molar-refractivity contribution in [3.05, 3.63) is 100.0 Å². The topological polar surface area (TPSA) is 111 Å². The Morgan fingerprint density at radius 1 is 1.00 bits per heavy atom. The zero-order valence-corrected chi connectivity index (χ0v) is 22.7. The van der Waals surface area contributed by atoms with Gasteiger partial charge in [-0.1, -0.05) is 12.1 Å². The molecular formula is C29H32N6O4. The van der Waals surface area contributed by atoms with Crippen molar-refractivity contribution in [3.8, 4) is 11.5 Å². The van der Waals surface area contributed by atoms with Crippen molar-refractivity contribution in [1.29, 1.82) is 0 Å². The third-order valence-corrected chi connectivity index (χ3v) is 6.60. The molecule has 10 nitrogen and oxygen atoms in total. The number of nitrogens with one attached hydrogen (secondary N) is 1. The minimum atomic E-state index is -0.606. The number of fused-ring (bicyclic) bond motifs is 1. The van der Waals surface area contributed by atoms with Gasteiger partial charge in [0, 0.05) is 23.0 Å². The number of aromatic amines is 1. The van der Waals surface area contributed by atoms with Gasteiger partial charge in [-0.05, 0) is 85.3 Å². The average Bonchev–Trinajstić information content (AvgIpc) is 3.62. The van der Waals surface area contributed by atoms with Gasteiger partial charge in [-0.3, -0.25) is 9.69 Å². The molecule has 0 spiro atoms. The SMILES string of the molecule is COc1ccc(CN(Cc2ccco2)C(c2cc3cc(OC)ccc3[nH]c2=O)c2nnnn2C(C)(C)C)cc1. The van der Waals surface area contributed by atoms with E-state index in [1.165, 1.54) is 0 Å². The maximum absolute atomic E-state index is 13.7. The number of furan rings is 1. The minimum absolute atomic E-state index is 0.222. The molecule has 1 N–H and O–H groups in total. The quantitative estimate of drug-likeness (QED) is 0.294. The molecule has 1 atom stereocenters. The van der Waals surface area contributed by atoms with Crippen LogP contribution in [0.4, 0.5) is 0 Å². The highest BCUT2D eigenvalue weighted by atomic mass is 16.5. The molecule has 10 heteroatoms. The van der Waals surface area contributed by atoms with Crippen LogP contribution in [-0.4, -0.2) is 44.3 Å². The predicted octanol–water partition coefficient (Wildman–Crippen LogP) is 4.67. The van der Waals surface area contributed by atoms with Crippen molar-refractivity contribution >= 4 is 10.9 Å². The maximum atomic E-state index is 13.7. The fourth-order valence-electron chi connectivity index (χ4n) is 4.68. The van der Waals surface area contributed by atoms with Gasteiger partial charge < -0.3 is 18.9 Å². The molecule has 0 aliphatic heterocycles. The summed E-state index contributed by atoms with van der Waals surface area (Å²) in [7, 11) is 3.26. The lowest BCUT2D eigenvalue weighted by Crippen LogP contribution is -2.37. The van der Waals surface area contributed by atoms with Gasteiger partial charge in [-0.25, -0.2) is 4.68 Å². The Bertz CT molecular complexity index is 1600. The molecular weight excluding hydrogens is 496 g/mol. The second kappa shape index (κ2) is 10.7. The molecule has 0 saturated heterocycles. The molecule has 2 aromatic carbocycles. The first-order chi connectivity index (χ1) is 18.8. The standard InChI is InChI=1S/C29H32N6O4/c1-29(2,3)35-27(31-32-33-35)26(24-16-20-15-22(38-5)12-13-25(20)30-28(24)36)34(18-23-7-6-14-39-23)17-19-8-10-21(37-4)11-9-19/h6-16,26H,17-18H2,1-5H3,(H,30,36). The summed E-state index contributed by atoms with van der Waals surface area (Å²) in [4.78, 5) is 18.9. The lowest BCUT2D eigenvalue weighted by molar-refractivity contribution is 0.171. The van der Waals surface area contributed by atoms with Gasteiger partial charge in [0.15, 0.2) is 5.82 Å². The first kappa shape index (κ1) is 26.2. The van der Waals surface area contributed by atoms with Crippen molar-refractivity contribution in [3.63, 3.8) is 0 Å². The molecule has 0 amide bonds. The minimum Gasteiger partial charge on any atom is -0.497 e. The first-order valence-electron chi connectivity index (χ1n) is 12.7. The van der Waals surface area contributed by atoms with Gasteiger partial charge in [0.25, 0.3) is 5.56 Å². The predicted molar refractivity (Wildman–Crippen MR) is 147 cm³/mol. The third kappa shape index (κ3) is 5.56. The Balaban J connectivity index is 1.71. The van der Waals surface area contributed by atoms with Gasteiger partial charge >= 0.3 is 0 Å². The van der Waals surface area contributed by atoms with E-state index >= 15 is 0 Å². The van der Waals surface area contributed by atoms with E-state index in [9.17, 15) is 4.79 Å². The van der Waals surface area contributed by atoms with Crippen LogP contribution in [0.15, 0.2) is 76.1 Å². The molecule has 0 fully saturated rings. The molecule has 0 saturated carbocycles. The van der Waals surface area contributed by atoms with Crippen molar-refractivity contribution in [1.82, 2.24) is 30.1 Å². The van der Waals surface area contributed by atoms with E-state index in [0.29, 0.717) is 35.7 Å². The number of hydrogen-bond donors (Lipinski definition) is 1. The highest BCUT2D eigenvalue weighted by Crippen LogP contribution is 2.32. The molecule has 3 heterocycles. The van der Waals surface area contributed by atoms with Gasteiger partial charge in [0.2, 0.25) is 0 Å². The molecule has 0 radical (unpaired) electrons. The van der Waals surface area contributed by atoms with E-state index < -0.39 is 11.6 Å². The second-order valence-corrected chi connectivity index (χ2v) is 10.4. The number of tetrazole rings is 1. The summed E-state index contributed by atoms with van der Waals surface area (Å²) in [6.45, 7) is 6.98. The van der Waals surface area contributed by atoms with Crippen LogP contribution in [-0.2, 0) is 18.6 Å². The van der Waals surface area contributed by atoms with Crippen LogP contribution in [0.3, 0.4) is 0 Å². The Morgan fingerprint density at radius 3 is 2.41 bits per heavy atom. The zero-order chi connectivity index (χ0) is 27.6. The van der Waals surface area contributed by atoms with E-state index in [1.807, 2.05) is 81.4 Å². The van der Waals surface area contributed by atoms with Crippen LogP contribution < -0.4 is 15.0 Å². The summed E-state index contributed by atoms with van der Waals surface area (Å²) in [5.41, 5.74) is 1.60. The highest BCUT2D eigenvalue weighted by Gasteiger charge is 2.34. The Kier molecular flexibility index (Phi) is 7.21. The van der Waals surface area contributed by atoms with E-state index in [2.05, 4.69) is 25.4 Å². The number of ether oxygens (including phenoxy) is 2. The molecule has 0 aliphatic rings. The monoisotopic (exact) mass is 528 g/mol. The summed E-state index contributed by atoms with van der Waals surface area (Å²) in [6.07, 6.45) is 1.64. The van der Waals surface area contributed by atoms with Crippen LogP contribution in [0.1, 0.15) is 49.5 Å². The number of H-pyrrole nitrogens is 1. The molecule has 5 rings (SSSR count). The van der Waals surface area contributed by atoms with Crippen LogP contribution in [0.5, 0.6) is 11.5 Å². The van der Waals surface area contributed by atoms with Crippen LogP contribution in [0.25, 0.3) is 10.9 Å². The third-order valence-electron chi connectivity index (χ3n) is 6.60. The van der Waals surface area contributed by atoms with Gasteiger partial charge in [-0.2, -0.15) is 0 Å². The number of nitrogens with zero attached hydrogens (tertiary/aromatic N) is 5. The van der Waals surface area contributed by atoms with Crippen molar-refractivity contribution in [2.45, 2.75) is 45.4 Å². The van der Waals surface area contributed by atoms with Gasteiger partial charge in [0.05, 0.1) is 32.6 Å². The number of benzene rings is 2. The van der Waals surface area contributed by atoms with Crippen LogP contribution in [0.2, 0.25) is 0 Å². The number of pyridine rings is 1. The zero-order valence-electron chi connectivity index (χ0n) is 22.7. The van der Waals surface area contributed by atoms with Crippen molar-refractivity contribution in [2.75, 3.05) is 14.2 Å². The maximum Gasteiger partial charge on any atom is 0.253 e. The molecule has 3 aromatic heterocycles. The molecule has 39 heavy (non-hydrogen) atoms. The Morgan fingerprint density at radius 2 is 1.74 bits per heavy atom. The lowest BCUT2D eigenvalue weighted by Gasteiger charge is -2.32. The molecule has 0 aliphatic carbocycles. The summed E-state index contributed by atoms with van der Waals surface area (Å²) in [5, 5.41) is 13.7.